The number of sulfonamides is 1. The number of aliphatic hydroxyl groups is 1. The molecule has 2 rings (SSSR count). The van der Waals surface area contributed by atoms with Gasteiger partial charge in [-0.25, -0.2) is 8.42 Å². The molecule has 0 spiro atoms. The van der Waals surface area contributed by atoms with Gasteiger partial charge in [0.15, 0.2) is 0 Å². The Bertz CT molecular complexity index is 574. The van der Waals surface area contributed by atoms with Crippen LogP contribution < -0.4 is 0 Å². The third kappa shape index (κ3) is 3.01. The van der Waals surface area contributed by atoms with E-state index in [2.05, 4.69) is 0 Å². The van der Waals surface area contributed by atoms with Gasteiger partial charge in [0.2, 0.25) is 10.0 Å². The van der Waals surface area contributed by atoms with Gasteiger partial charge in [0.05, 0.1) is 11.6 Å². The van der Waals surface area contributed by atoms with E-state index in [0.29, 0.717) is 12.1 Å². The summed E-state index contributed by atoms with van der Waals surface area (Å²) in [5.74, 6) is 0. The normalized spacial score (nSPS) is 21.1. The lowest BCUT2D eigenvalue weighted by molar-refractivity contribution is 0.246. The van der Waals surface area contributed by atoms with Crippen molar-refractivity contribution in [2.75, 3.05) is 6.54 Å². The molecule has 0 bridgehead atoms. The van der Waals surface area contributed by atoms with Crippen LogP contribution in [-0.4, -0.2) is 30.4 Å². The van der Waals surface area contributed by atoms with Gasteiger partial charge in [0, 0.05) is 12.6 Å². The summed E-state index contributed by atoms with van der Waals surface area (Å²) in [6.07, 6.45) is 3.64. The van der Waals surface area contributed by atoms with Crippen molar-refractivity contribution in [3.8, 4) is 0 Å². The zero-order valence-electron chi connectivity index (χ0n) is 11.5. The maximum Gasteiger partial charge on any atom is 0.244 e. The Morgan fingerprint density at radius 3 is 2.80 bits per heavy atom. The second-order valence-electron chi connectivity index (χ2n) is 5.10. The lowest BCUT2D eigenvalue weighted by Crippen LogP contribution is -2.43. The van der Waals surface area contributed by atoms with E-state index < -0.39 is 10.0 Å². The molecule has 1 unspecified atom stereocenters. The van der Waals surface area contributed by atoms with Gasteiger partial charge in [-0.3, -0.25) is 0 Å². The van der Waals surface area contributed by atoms with Crippen LogP contribution in [0.3, 0.4) is 0 Å². The van der Waals surface area contributed by atoms with E-state index in [1.165, 1.54) is 12.1 Å². The number of piperidine rings is 1. The first-order chi connectivity index (χ1) is 9.50. The summed E-state index contributed by atoms with van der Waals surface area (Å²) < 4.78 is 27.2. The topological polar surface area (TPSA) is 57.6 Å². The van der Waals surface area contributed by atoms with Gasteiger partial charge in [-0.15, -0.1) is 0 Å². The molecule has 0 amide bonds. The Kier molecular flexibility index (Phi) is 5.07. The summed E-state index contributed by atoms with van der Waals surface area (Å²) in [4.78, 5) is 0.103. The van der Waals surface area contributed by atoms with Crippen molar-refractivity contribution in [1.29, 1.82) is 0 Å². The summed E-state index contributed by atoms with van der Waals surface area (Å²) >= 11 is 6.06. The van der Waals surface area contributed by atoms with Crippen LogP contribution in [0.2, 0.25) is 5.02 Å². The number of halogens is 1. The molecule has 1 aliphatic heterocycles. The highest BCUT2D eigenvalue weighted by atomic mass is 35.5. The Morgan fingerprint density at radius 1 is 1.40 bits per heavy atom. The molecule has 1 fully saturated rings. The minimum absolute atomic E-state index is 0.0441. The van der Waals surface area contributed by atoms with Crippen molar-refractivity contribution in [1.82, 2.24) is 4.31 Å². The number of rotatable bonds is 4. The maximum atomic E-state index is 12.8. The van der Waals surface area contributed by atoms with E-state index in [9.17, 15) is 13.5 Å². The molecular formula is C14H20ClNO3S. The van der Waals surface area contributed by atoms with Crippen LogP contribution in [0.25, 0.3) is 0 Å². The van der Waals surface area contributed by atoms with Crippen LogP contribution in [0.1, 0.15) is 38.2 Å². The third-order valence-corrected chi connectivity index (χ3v) is 6.24. The minimum atomic E-state index is -3.60. The second-order valence-corrected chi connectivity index (χ2v) is 7.36. The molecule has 1 aliphatic rings. The van der Waals surface area contributed by atoms with Crippen molar-refractivity contribution in [3.05, 3.63) is 28.8 Å². The molecule has 6 heteroatoms. The van der Waals surface area contributed by atoms with Crippen molar-refractivity contribution in [3.63, 3.8) is 0 Å². The average Bonchev–Trinajstić information content (AvgIpc) is 2.47. The molecule has 1 aromatic rings. The van der Waals surface area contributed by atoms with Gasteiger partial charge >= 0.3 is 0 Å². The van der Waals surface area contributed by atoms with Crippen LogP contribution in [0.5, 0.6) is 0 Å². The monoisotopic (exact) mass is 317 g/mol. The molecule has 1 N–H and O–H groups in total. The largest absolute Gasteiger partial charge is 0.392 e. The molecule has 0 saturated carbocycles. The SMILES string of the molecule is CCC1CCCCN1S(=O)(=O)c1cc(CO)ccc1Cl. The van der Waals surface area contributed by atoms with Gasteiger partial charge in [-0.05, 0) is 37.0 Å². The molecule has 0 radical (unpaired) electrons. The maximum absolute atomic E-state index is 12.8. The summed E-state index contributed by atoms with van der Waals surface area (Å²) in [6, 6.07) is 4.68. The van der Waals surface area contributed by atoms with Crippen molar-refractivity contribution in [2.24, 2.45) is 0 Å². The number of hydrogen-bond donors (Lipinski definition) is 1. The van der Waals surface area contributed by atoms with Gasteiger partial charge in [-0.1, -0.05) is 31.0 Å². The van der Waals surface area contributed by atoms with E-state index in [0.717, 1.165) is 25.7 Å². The fraction of sp³-hybridized carbons (Fsp3) is 0.571. The lowest BCUT2D eigenvalue weighted by atomic mass is 10.0. The highest BCUT2D eigenvalue weighted by molar-refractivity contribution is 7.89. The summed E-state index contributed by atoms with van der Waals surface area (Å²) in [7, 11) is -3.60. The fourth-order valence-electron chi connectivity index (χ4n) is 2.67. The summed E-state index contributed by atoms with van der Waals surface area (Å²) in [6.45, 7) is 2.35. The van der Waals surface area contributed by atoms with Gasteiger partial charge in [-0.2, -0.15) is 4.31 Å². The second kappa shape index (κ2) is 6.43. The van der Waals surface area contributed by atoms with Crippen LogP contribution >= 0.6 is 11.6 Å². The standard InChI is InChI=1S/C14H20ClNO3S/c1-2-12-5-3-4-8-16(12)20(18,19)14-9-11(10-17)6-7-13(14)15/h6-7,9,12,17H,2-5,8,10H2,1H3. The Hall–Kier alpha value is -0.620. The summed E-state index contributed by atoms with van der Waals surface area (Å²) in [5.41, 5.74) is 0.554. The van der Waals surface area contributed by atoms with E-state index >= 15 is 0 Å². The van der Waals surface area contributed by atoms with E-state index in [1.54, 1.807) is 10.4 Å². The first-order valence-corrected chi connectivity index (χ1v) is 8.73. The first-order valence-electron chi connectivity index (χ1n) is 6.91. The Balaban J connectivity index is 2.43. The molecule has 1 saturated heterocycles. The molecule has 1 atom stereocenters. The highest BCUT2D eigenvalue weighted by Crippen LogP contribution is 2.31. The number of aliphatic hydroxyl groups excluding tert-OH is 1. The van der Waals surface area contributed by atoms with E-state index in [1.807, 2.05) is 6.92 Å². The van der Waals surface area contributed by atoms with Crippen LogP contribution in [0, 0.1) is 0 Å². The van der Waals surface area contributed by atoms with Gasteiger partial charge in [0.25, 0.3) is 0 Å². The predicted octanol–water partition coefficient (Wildman–Crippen LogP) is 2.79. The molecule has 1 aromatic carbocycles. The van der Waals surface area contributed by atoms with Crippen LogP contribution in [0.4, 0.5) is 0 Å². The minimum Gasteiger partial charge on any atom is -0.392 e. The van der Waals surface area contributed by atoms with Crippen molar-refractivity contribution >= 4 is 21.6 Å². The van der Waals surface area contributed by atoms with E-state index in [4.69, 9.17) is 11.6 Å². The van der Waals surface area contributed by atoms with Crippen molar-refractivity contribution in [2.45, 2.75) is 50.2 Å². The quantitative estimate of drug-likeness (QED) is 0.929. The molecular weight excluding hydrogens is 298 g/mol. The highest BCUT2D eigenvalue weighted by Gasteiger charge is 2.33. The lowest BCUT2D eigenvalue weighted by Gasteiger charge is -2.34. The molecule has 20 heavy (non-hydrogen) atoms. The first kappa shape index (κ1) is 15.8. The number of nitrogens with zero attached hydrogens (tertiary/aromatic N) is 1. The molecule has 112 valence electrons. The molecule has 0 aliphatic carbocycles. The number of benzene rings is 1. The predicted molar refractivity (Wildman–Crippen MR) is 79.2 cm³/mol. The fourth-order valence-corrected chi connectivity index (χ4v) is 4.96. The average molecular weight is 318 g/mol. The van der Waals surface area contributed by atoms with Crippen LogP contribution in [-0.2, 0) is 16.6 Å². The van der Waals surface area contributed by atoms with Gasteiger partial charge in [0.1, 0.15) is 4.90 Å². The zero-order chi connectivity index (χ0) is 14.8. The smallest absolute Gasteiger partial charge is 0.244 e. The Morgan fingerprint density at radius 2 is 2.15 bits per heavy atom. The van der Waals surface area contributed by atoms with E-state index in [-0.39, 0.29) is 22.6 Å². The molecule has 0 aromatic heterocycles. The van der Waals surface area contributed by atoms with Crippen molar-refractivity contribution < 1.29 is 13.5 Å². The summed E-state index contributed by atoms with van der Waals surface area (Å²) in [5, 5.41) is 9.39. The van der Waals surface area contributed by atoms with Gasteiger partial charge < -0.3 is 5.11 Å². The Labute approximate surface area is 125 Å². The third-order valence-electron chi connectivity index (χ3n) is 3.81. The molecule has 1 heterocycles. The zero-order valence-corrected chi connectivity index (χ0v) is 13.1. The number of hydrogen-bond acceptors (Lipinski definition) is 3. The van der Waals surface area contributed by atoms with Crippen LogP contribution in [0.15, 0.2) is 23.1 Å². The molecule has 4 nitrogen and oxygen atoms in total.